The predicted molar refractivity (Wildman–Crippen MR) is 71.6 cm³/mol. The molecule has 0 fully saturated rings. The first-order valence-electron chi connectivity index (χ1n) is 6.37. The third-order valence-electron chi connectivity index (χ3n) is 3.33. The molecular formula is C13H17NO4S. The van der Waals surface area contributed by atoms with Crippen molar-refractivity contribution < 1.29 is 19.8 Å². The van der Waals surface area contributed by atoms with Crippen LogP contribution in [0.5, 0.6) is 0 Å². The summed E-state index contributed by atoms with van der Waals surface area (Å²) in [6.45, 7) is -0.265. The number of carbonyl (C=O) groups is 2. The zero-order valence-electron chi connectivity index (χ0n) is 10.5. The predicted octanol–water partition coefficient (Wildman–Crippen LogP) is 1.19. The highest BCUT2D eigenvalue weighted by molar-refractivity contribution is 7.10. The lowest BCUT2D eigenvalue weighted by Crippen LogP contribution is -2.41. The van der Waals surface area contributed by atoms with E-state index >= 15 is 0 Å². The molecule has 2 rings (SSSR count). The van der Waals surface area contributed by atoms with Crippen LogP contribution in [-0.4, -0.2) is 34.7 Å². The van der Waals surface area contributed by atoms with Gasteiger partial charge in [-0.1, -0.05) is 0 Å². The minimum atomic E-state index is -1.12. The second-order valence-electron chi connectivity index (χ2n) is 4.63. The van der Waals surface area contributed by atoms with E-state index in [9.17, 15) is 9.59 Å². The first-order chi connectivity index (χ1) is 9.13. The number of carbonyl (C=O) groups excluding carboxylic acids is 1. The number of fused-ring (bicyclic) bond motifs is 1. The van der Waals surface area contributed by atoms with Crippen LogP contribution in [0, 0.1) is 0 Å². The van der Waals surface area contributed by atoms with E-state index < -0.39 is 12.0 Å². The lowest BCUT2D eigenvalue weighted by atomic mass is 9.95. The minimum Gasteiger partial charge on any atom is -0.480 e. The SMILES string of the molecule is O=C(NC(CCO)C(=O)O)c1csc2c1CCCC2. The number of aliphatic hydroxyl groups excluding tert-OH is 1. The number of nitrogens with one attached hydrogen (secondary N) is 1. The topological polar surface area (TPSA) is 86.6 Å². The number of hydrogen-bond donors (Lipinski definition) is 3. The maximum absolute atomic E-state index is 12.1. The van der Waals surface area contributed by atoms with Crippen molar-refractivity contribution >= 4 is 23.2 Å². The van der Waals surface area contributed by atoms with Gasteiger partial charge in [0.05, 0.1) is 5.56 Å². The van der Waals surface area contributed by atoms with Crippen LogP contribution in [0.4, 0.5) is 0 Å². The lowest BCUT2D eigenvalue weighted by molar-refractivity contribution is -0.139. The molecule has 1 aliphatic rings. The highest BCUT2D eigenvalue weighted by atomic mass is 32.1. The Balaban J connectivity index is 2.11. The van der Waals surface area contributed by atoms with Gasteiger partial charge in [0, 0.05) is 23.3 Å². The molecule has 0 aromatic carbocycles. The van der Waals surface area contributed by atoms with Crippen molar-refractivity contribution in [2.24, 2.45) is 0 Å². The fraction of sp³-hybridized carbons (Fsp3) is 0.538. The summed E-state index contributed by atoms with van der Waals surface area (Å²) in [5.74, 6) is -1.47. The summed E-state index contributed by atoms with van der Waals surface area (Å²) >= 11 is 1.57. The van der Waals surface area contributed by atoms with E-state index in [4.69, 9.17) is 10.2 Å². The highest BCUT2D eigenvalue weighted by Crippen LogP contribution is 2.30. The molecule has 3 N–H and O–H groups in total. The van der Waals surface area contributed by atoms with Gasteiger partial charge in [-0.05, 0) is 31.2 Å². The number of aliphatic hydroxyl groups is 1. The first kappa shape index (κ1) is 14.0. The number of thiophene rings is 1. The molecule has 19 heavy (non-hydrogen) atoms. The van der Waals surface area contributed by atoms with Crippen molar-refractivity contribution in [3.05, 3.63) is 21.4 Å². The van der Waals surface area contributed by atoms with Gasteiger partial charge in [-0.2, -0.15) is 0 Å². The quantitative estimate of drug-likeness (QED) is 0.757. The van der Waals surface area contributed by atoms with E-state index in [0.717, 1.165) is 31.2 Å². The van der Waals surface area contributed by atoms with Crippen LogP contribution >= 0.6 is 11.3 Å². The molecule has 104 valence electrons. The molecule has 5 nitrogen and oxygen atoms in total. The van der Waals surface area contributed by atoms with Gasteiger partial charge in [0.25, 0.3) is 5.91 Å². The molecule has 1 aliphatic carbocycles. The summed E-state index contributed by atoms with van der Waals surface area (Å²) in [4.78, 5) is 24.3. The number of carboxylic acids is 1. The van der Waals surface area contributed by atoms with E-state index in [1.54, 1.807) is 11.3 Å². The second-order valence-corrected chi connectivity index (χ2v) is 5.60. The van der Waals surface area contributed by atoms with Crippen LogP contribution in [0.3, 0.4) is 0 Å². The average Bonchev–Trinajstić information content (AvgIpc) is 2.81. The van der Waals surface area contributed by atoms with E-state index in [2.05, 4.69) is 5.32 Å². The Morgan fingerprint density at radius 2 is 2.11 bits per heavy atom. The zero-order chi connectivity index (χ0) is 13.8. The van der Waals surface area contributed by atoms with E-state index in [0.29, 0.717) is 5.56 Å². The van der Waals surface area contributed by atoms with Crippen LogP contribution < -0.4 is 5.32 Å². The number of hydrogen-bond acceptors (Lipinski definition) is 4. The fourth-order valence-electron chi connectivity index (χ4n) is 2.31. The number of amides is 1. The molecule has 0 aliphatic heterocycles. The molecule has 0 bridgehead atoms. The summed E-state index contributed by atoms with van der Waals surface area (Å²) < 4.78 is 0. The second kappa shape index (κ2) is 6.16. The van der Waals surface area contributed by atoms with Crippen LogP contribution in [0.2, 0.25) is 0 Å². The van der Waals surface area contributed by atoms with Crippen LogP contribution in [-0.2, 0) is 17.6 Å². The average molecular weight is 283 g/mol. The number of carboxylic acid groups (broad SMARTS) is 1. The van der Waals surface area contributed by atoms with Crippen molar-refractivity contribution in [1.82, 2.24) is 5.32 Å². The summed E-state index contributed by atoms with van der Waals surface area (Å²) in [6.07, 6.45) is 4.14. The highest BCUT2D eigenvalue weighted by Gasteiger charge is 2.24. The standard InChI is InChI=1S/C13H17NO4S/c15-6-5-10(13(17)18)14-12(16)9-7-19-11-4-2-1-3-8(9)11/h7,10,15H,1-6H2,(H,14,16)(H,17,18). The molecule has 6 heteroatoms. The van der Waals surface area contributed by atoms with Crippen molar-refractivity contribution in [2.45, 2.75) is 38.1 Å². The normalized spacial score (nSPS) is 15.6. The molecule has 0 radical (unpaired) electrons. The van der Waals surface area contributed by atoms with Crippen molar-refractivity contribution in [2.75, 3.05) is 6.61 Å². The Labute approximate surface area is 115 Å². The fourth-order valence-corrected chi connectivity index (χ4v) is 3.43. The minimum absolute atomic E-state index is 0.0212. The van der Waals surface area contributed by atoms with Gasteiger partial charge in [0.2, 0.25) is 0 Å². The number of aliphatic carboxylic acids is 1. The molecule has 1 atom stereocenters. The van der Waals surface area contributed by atoms with Crippen LogP contribution in [0.15, 0.2) is 5.38 Å². The molecule has 1 heterocycles. The van der Waals surface area contributed by atoms with Gasteiger partial charge < -0.3 is 15.5 Å². The Morgan fingerprint density at radius 3 is 2.79 bits per heavy atom. The molecule has 1 amide bonds. The van der Waals surface area contributed by atoms with Gasteiger partial charge in [0.1, 0.15) is 6.04 Å². The van der Waals surface area contributed by atoms with Gasteiger partial charge in [-0.3, -0.25) is 4.79 Å². The molecule has 1 aromatic rings. The molecule has 0 saturated carbocycles. The smallest absolute Gasteiger partial charge is 0.326 e. The van der Waals surface area contributed by atoms with Crippen molar-refractivity contribution in [3.8, 4) is 0 Å². The van der Waals surface area contributed by atoms with Crippen LogP contribution in [0.25, 0.3) is 0 Å². The molecule has 1 aromatic heterocycles. The molecule has 0 spiro atoms. The van der Waals surface area contributed by atoms with Crippen molar-refractivity contribution in [3.63, 3.8) is 0 Å². The summed E-state index contributed by atoms with van der Waals surface area (Å²) in [6, 6.07) is -1.03. The van der Waals surface area contributed by atoms with E-state index in [1.807, 2.05) is 5.38 Å². The lowest BCUT2D eigenvalue weighted by Gasteiger charge is -2.15. The number of rotatable bonds is 5. The Kier molecular flexibility index (Phi) is 4.55. The third kappa shape index (κ3) is 3.13. The maximum Gasteiger partial charge on any atom is 0.326 e. The Bertz CT molecular complexity index is 483. The van der Waals surface area contributed by atoms with E-state index in [1.165, 1.54) is 4.88 Å². The zero-order valence-corrected chi connectivity index (χ0v) is 11.3. The monoisotopic (exact) mass is 283 g/mol. The molecular weight excluding hydrogens is 266 g/mol. The molecule has 1 unspecified atom stereocenters. The Morgan fingerprint density at radius 1 is 1.37 bits per heavy atom. The van der Waals surface area contributed by atoms with Crippen LogP contribution in [0.1, 0.15) is 40.1 Å². The van der Waals surface area contributed by atoms with Gasteiger partial charge >= 0.3 is 5.97 Å². The van der Waals surface area contributed by atoms with Gasteiger partial charge in [-0.15, -0.1) is 11.3 Å². The Hall–Kier alpha value is -1.40. The van der Waals surface area contributed by atoms with Gasteiger partial charge in [0.15, 0.2) is 0 Å². The molecule has 0 saturated heterocycles. The summed E-state index contributed by atoms with van der Waals surface area (Å²) in [7, 11) is 0. The van der Waals surface area contributed by atoms with Gasteiger partial charge in [-0.25, -0.2) is 4.79 Å². The number of aryl methyl sites for hydroxylation is 1. The first-order valence-corrected chi connectivity index (χ1v) is 7.25. The van der Waals surface area contributed by atoms with E-state index in [-0.39, 0.29) is 18.9 Å². The summed E-state index contributed by atoms with van der Waals surface area (Å²) in [5.41, 5.74) is 1.67. The van der Waals surface area contributed by atoms with Crippen molar-refractivity contribution in [1.29, 1.82) is 0 Å². The maximum atomic E-state index is 12.1. The largest absolute Gasteiger partial charge is 0.480 e. The summed E-state index contributed by atoms with van der Waals surface area (Å²) in [5, 5.41) is 22.1. The third-order valence-corrected chi connectivity index (χ3v) is 4.42.